The molecule has 3 heterocycles. The van der Waals surface area contributed by atoms with Crippen molar-refractivity contribution in [3.05, 3.63) is 39.6 Å². The van der Waals surface area contributed by atoms with Gasteiger partial charge in [0.05, 0.1) is 24.9 Å². The lowest BCUT2D eigenvalue weighted by molar-refractivity contribution is -0.120. The van der Waals surface area contributed by atoms with E-state index >= 15 is 0 Å². The highest BCUT2D eigenvalue weighted by Gasteiger charge is 2.23. The molecule has 5 nitrogen and oxygen atoms in total. The Morgan fingerprint density at radius 3 is 3.09 bits per heavy atom. The van der Waals surface area contributed by atoms with Crippen molar-refractivity contribution in [3.8, 4) is 0 Å². The number of rotatable bonds is 5. The van der Waals surface area contributed by atoms with E-state index in [2.05, 4.69) is 34.2 Å². The highest BCUT2D eigenvalue weighted by molar-refractivity contribution is 7.12. The molecule has 2 aromatic heterocycles. The lowest BCUT2D eigenvalue weighted by Gasteiger charge is -2.07. The third-order valence-corrected chi connectivity index (χ3v) is 5.03. The van der Waals surface area contributed by atoms with Crippen LogP contribution >= 0.6 is 11.3 Å². The molecule has 0 aromatic carbocycles. The SMILES string of the molecule is Cc1ccc(CC(=O)NCc2cnc([C@@H]3CCN(C)C3)[nH]2)s1. The Hall–Kier alpha value is -1.66. The number of aromatic amines is 1. The summed E-state index contributed by atoms with van der Waals surface area (Å²) < 4.78 is 0. The quantitative estimate of drug-likeness (QED) is 0.887. The van der Waals surface area contributed by atoms with Gasteiger partial charge in [0.1, 0.15) is 5.82 Å². The monoisotopic (exact) mass is 318 g/mol. The van der Waals surface area contributed by atoms with Crippen LogP contribution in [0.25, 0.3) is 0 Å². The first-order valence-electron chi connectivity index (χ1n) is 7.64. The van der Waals surface area contributed by atoms with Gasteiger partial charge >= 0.3 is 0 Å². The number of aromatic nitrogens is 2. The summed E-state index contributed by atoms with van der Waals surface area (Å²) in [6.07, 6.45) is 3.43. The first-order chi connectivity index (χ1) is 10.6. The normalized spacial score (nSPS) is 18.7. The van der Waals surface area contributed by atoms with Crippen LogP contribution in [0, 0.1) is 6.92 Å². The standard InChI is InChI=1S/C16H22N4OS/c1-11-3-4-14(22-11)7-15(21)17-8-13-9-18-16(19-13)12-5-6-20(2)10-12/h3-4,9,12H,5-8,10H2,1-2H3,(H,17,21)(H,18,19)/t12-/m1/s1. The number of hydrogen-bond donors (Lipinski definition) is 2. The molecule has 1 amide bonds. The van der Waals surface area contributed by atoms with E-state index in [1.54, 1.807) is 11.3 Å². The fraction of sp³-hybridized carbons (Fsp3) is 0.500. The van der Waals surface area contributed by atoms with E-state index in [0.29, 0.717) is 18.9 Å². The van der Waals surface area contributed by atoms with Crippen molar-refractivity contribution in [2.24, 2.45) is 0 Å². The lowest BCUT2D eigenvalue weighted by Crippen LogP contribution is -2.24. The van der Waals surface area contributed by atoms with Crippen molar-refractivity contribution in [1.29, 1.82) is 0 Å². The van der Waals surface area contributed by atoms with E-state index < -0.39 is 0 Å². The molecule has 0 radical (unpaired) electrons. The molecule has 0 aliphatic carbocycles. The van der Waals surface area contributed by atoms with Crippen LogP contribution in [0.5, 0.6) is 0 Å². The Kier molecular flexibility index (Phi) is 4.59. The number of aryl methyl sites for hydroxylation is 1. The van der Waals surface area contributed by atoms with Gasteiger partial charge in [0.25, 0.3) is 0 Å². The highest BCUT2D eigenvalue weighted by atomic mass is 32.1. The summed E-state index contributed by atoms with van der Waals surface area (Å²) in [6, 6.07) is 4.07. The van der Waals surface area contributed by atoms with Crippen LogP contribution in [-0.2, 0) is 17.8 Å². The van der Waals surface area contributed by atoms with Crippen LogP contribution in [0.1, 0.15) is 33.6 Å². The molecule has 1 atom stereocenters. The van der Waals surface area contributed by atoms with Gasteiger partial charge in [0, 0.05) is 22.2 Å². The molecule has 1 saturated heterocycles. The van der Waals surface area contributed by atoms with Gasteiger partial charge in [-0.1, -0.05) is 0 Å². The number of thiophene rings is 1. The van der Waals surface area contributed by atoms with E-state index in [1.807, 2.05) is 18.3 Å². The number of H-pyrrole nitrogens is 1. The van der Waals surface area contributed by atoms with Gasteiger partial charge in [0.2, 0.25) is 5.91 Å². The fourth-order valence-electron chi connectivity index (χ4n) is 2.83. The minimum atomic E-state index is 0.0543. The largest absolute Gasteiger partial charge is 0.350 e. The molecule has 2 N–H and O–H groups in total. The Balaban J connectivity index is 1.49. The van der Waals surface area contributed by atoms with E-state index in [-0.39, 0.29) is 5.91 Å². The predicted molar refractivity (Wildman–Crippen MR) is 88.0 cm³/mol. The number of imidazole rings is 1. The zero-order valence-corrected chi connectivity index (χ0v) is 13.9. The van der Waals surface area contributed by atoms with Crippen molar-refractivity contribution in [2.45, 2.75) is 32.2 Å². The van der Waals surface area contributed by atoms with Gasteiger partial charge in [-0.2, -0.15) is 0 Å². The molecule has 0 unspecified atom stereocenters. The number of amides is 1. The summed E-state index contributed by atoms with van der Waals surface area (Å²) in [7, 11) is 2.14. The molecule has 1 aliphatic rings. The predicted octanol–water partition coefficient (Wildman–Crippen LogP) is 2.06. The third kappa shape index (κ3) is 3.75. The van der Waals surface area contributed by atoms with Crippen LogP contribution < -0.4 is 5.32 Å². The maximum Gasteiger partial charge on any atom is 0.225 e. The van der Waals surface area contributed by atoms with Gasteiger partial charge in [-0.3, -0.25) is 4.79 Å². The van der Waals surface area contributed by atoms with Gasteiger partial charge < -0.3 is 15.2 Å². The molecule has 22 heavy (non-hydrogen) atoms. The van der Waals surface area contributed by atoms with Gasteiger partial charge in [0.15, 0.2) is 0 Å². The van der Waals surface area contributed by atoms with E-state index in [1.165, 1.54) is 4.88 Å². The van der Waals surface area contributed by atoms with Crippen LogP contribution in [0.4, 0.5) is 0 Å². The molecule has 1 aliphatic heterocycles. The molecule has 0 spiro atoms. The molecular weight excluding hydrogens is 296 g/mol. The first-order valence-corrected chi connectivity index (χ1v) is 8.46. The fourth-order valence-corrected chi connectivity index (χ4v) is 3.72. The summed E-state index contributed by atoms with van der Waals surface area (Å²) >= 11 is 1.67. The van der Waals surface area contributed by atoms with Crippen molar-refractivity contribution in [3.63, 3.8) is 0 Å². The van der Waals surface area contributed by atoms with E-state index in [4.69, 9.17) is 0 Å². The highest BCUT2D eigenvalue weighted by Crippen LogP contribution is 2.23. The van der Waals surface area contributed by atoms with Crippen molar-refractivity contribution in [1.82, 2.24) is 20.2 Å². The second-order valence-electron chi connectivity index (χ2n) is 6.01. The Bertz CT molecular complexity index is 648. The molecule has 1 fully saturated rings. The Morgan fingerprint density at radius 2 is 2.41 bits per heavy atom. The van der Waals surface area contributed by atoms with Crippen LogP contribution in [0.2, 0.25) is 0 Å². The minimum Gasteiger partial charge on any atom is -0.350 e. The van der Waals surface area contributed by atoms with Crippen molar-refractivity contribution >= 4 is 17.2 Å². The van der Waals surface area contributed by atoms with Gasteiger partial charge in [-0.05, 0) is 39.1 Å². The number of likely N-dealkylation sites (tertiary alicyclic amines) is 1. The van der Waals surface area contributed by atoms with Crippen LogP contribution in [-0.4, -0.2) is 40.9 Å². The lowest BCUT2D eigenvalue weighted by atomic mass is 10.1. The summed E-state index contributed by atoms with van der Waals surface area (Å²) in [4.78, 5) is 24.4. The maximum atomic E-state index is 12.0. The summed E-state index contributed by atoms with van der Waals surface area (Å²) in [6.45, 7) is 4.74. The summed E-state index contributed by atoms with van der Waals surface area (Å²) in [5.74, 6) is 1.59. The smallest absolute Gasteiger partial charge is 0.225 e. The third-order valence-electron chi connectivity index (χ3n) is 4.03. The molecule has 118 valence electrons. The topological polar surface area (TPSA) is 61.0 Å². The van der Waals surface area contributed by atoms with E-state index in [9.17, 15) is 4.79 Å². The zero-order chi connectivity index (χ0) is 15.5. The molecule has 0 saturated carbocycles. The molecule has 3 rings (SSSR count). The Labute approximate surface area is 134 Å². The number of likely N-dealkylation sites (N-methyl/N-ethyl adjacent to an activating group) is 1. The average Bonchev–Trinajstić information content (AvgIpc) is 3.18. The molecule has 6 heteroatoms. The van der Waals surface area contributed by atoms with Crippen LogP contribution in [0.15, 0.2) is 18.3 Å². The van der Waals surface area contributed by atoms with Crippen LogP contribution in [0.3, 0.4) is 0 Å². The first kappa shape index (κ1) is 15.2. The zero-order valence-electron chi connectivity index (χ0n) is 13.1. The summed E-state index contributed by atoms with van der Waals surface area (Å²) in [5, 5.41) is 2.96. The Morgan fingerprint density at radius 1 is 1.55 bits per heavy atom. The maximum absolute atomic E-state index is 12.0. The minimum absolute atomic E-state index is 0.0543. The second kappa shape index (κ2) is 6.62. The number of carbonyl (C=O) groups is 1. The second-order valence-corrected chi connectivity index (χ2v) is 7.38. The number of carbonyl (C=O) groups excluding carboxylic acids is 1. The van der Waals surface area contributed by atoms with Crippen molar-refractivity contribution in [2.75, 3.05) is 20.1 Å². The number of hydrogen-bond acceptors (Lipinski definition) is 4. The van der Waals surface area contributed by atoms with Gasteiger partial charge in [-0.15, -0.1) is 11.3 Å². The number of nitrogens with one attached hydrogen (secondary N) is 2. The van der Waals surface area contributed by atoms with E-state index in [0.717, 1.165) is 35.9 Å². The van der Waals surface area contributed by atoms with Crippen molar-refractivity contribution < 1.29 is 4.79 Å². The number of nitrogens with zero attached hydrogens (tertiary/aromatic N) is 2. The summed E-state index contributed by atoms with van der Waals surface area (Å²) in [5.41, 5.74) is 0.972. The molecule has 0 bridgehead atoms. The molecular formula is C16H22N4OS. The van der Waals surface area contributed by atoms with Gasteiger partial charge in [-0.25, -0.2) is 4.98 Å². The average molecular weight is 318 g/mol. The molecule has 2 aromatic rings.